The molecule has 0 atom stereocenters. The van der Waals surface area contributed by atoms with Gasteiger partial charge < -0.3 is 4.90 Å². The zero-order valence-electron chi connectivity index (χ0n) is 8.71. The van der Waals surface area contributed by atoms with Crippen LogP contribution in [0, 0.1) is 0 Å². The highest BCUT2D eigenvalue weighted by atomic mass is 32.1. The van der Waals surface area contributed by atoms with E-state index in [1.54, 1.807) is 11.3 Å². The van der Waals surface area contributed by atoms with Gasteiger partial charge in [-0.3, -0.25) is 0 Å². The van der Waals surface area contributed by atoms with E-state index in [1.165, 1.54) is 17.2 Å². The van der Waals surface area contributed by atoms with E-state index in [2.05, 4.69) is 36.0 Å². The Kier molecular flexibility index (Phi) is 4.22. The molecular weight excluding hydrogens is 180 g/mol. The summed E-state index contributed by atoms with van der Waals surface area (Å²) in [6.45, 7) is 8.71. The van der Waals surface area contributed by atoms with E-state index in [4.69, 9.17) is 0 Å². The van der Waals surface area contributed by atoms with E-state index in [1.807, 2.05) is 0 Å². The fraction of sp³-hybridized carbons (Fsp3) is 0.700. The summed E-state index contributed by atoms with van der Waals surface area (Å²) < 4.78 is 0. The molecule has 0 aliphatic rings. The number of aromatic nitrogens is 1. The molecule has 0 radical (unpaired) electrons. The smallest absolute Gasteiger partial charge is 0.185 e. The van der Waals surface area contributed by atoms with Gasteiger partial charge in [0.2, 0.25) is 0 Å². The number of thiazole rings is 1. The van der Waals surface area contributed by atoms with Crippen LogP contribution in [0.2, 0.25) is 0 Å². The minimum Gasteiger partial charge on any atom is -0.348 e. The molecule has 1 aromatic heterocycles. The first-order valence-corrected chi connectivity index (χ1v) is 5.89. The topological polar surface area (TPSA) is 16.1 Å². The van der Waals surface area contributed by atoms with Crippen molar-refractivity contribution in [3.63, 3.8) is 0 Å². The number of rotatable bonds is 5. The lowest BCUT2D eigenvalue weighted by Gasteiger charge is -2.18. The Morgan fingerprint density at radius 3 is 2.62 bits per heavy atom. The first kappa shape index (κ1) is 10.5. The van der Waals surface area contributed by atoms with Gasteiger partial charge in [0.1, 0.15) is 0 Å². The molecule has 1 aromatic rings. The zero-order chi connectivity index (χ0) is 9.68. The van der Waals surface area contributed by atoms with Crippen molar-refractivity contribution in [1.29, 1.82) is 0 Å². The highest BCUT2D eigenvalue weighted by Crippen LogP contribution is 2.20. The lowest BCUT2D eigenvalue weighted by Crippen LogP contribution is -2.23. The van der Waals surface area contributed by atoms with Crippen LogP contribution in [0.4, 0.5) is 5.13 Å². The molecule has 0 unspecified atom stereocenters. The Balaban J connectivity index is 2.67. The van der Waals surface area contributed by atoms with E-state index in [0.29, 0.717) is 0 Å². The summed E-state index contributed by atoms with van der Waals surface area (Å²) in [6, 6.07) is 0. The maximum atomic E-state index is 4.56. The number of hydrogen-bond acceptors (Lipinski definition) is 3. The van der Waals surface area contributed by atoms with Gasteiger partial charge in [0.05, 0.1) is 5.69 Å². The molecule has 0 aliphatic carbocycles. The maximum Gasteiger partial charge on any atom is 0.185 e. The Morgan fingerprint density at radius 2 is 2.15 bits per heavy atom. The van der Waals surface area contributed by atoms with Crippen LogP contribution < -0.4 is 4.90 Å². The molecule has 2 nitrogen and oxygen atoms in total. The third kappa shape index (κ3) is 2.69. The van der Waals surface area contributed by atoms with E-state index < -0.39 is 0 Å². The summed E-state index contributed by atoms with van der Waals surface area (Å²) in [7, 11) is 0. The van der Waals surface area contributed by atoms with Crippen LogP contribution in [0.5, 0.6) is 0 Å². The molecule has 0 aliphatic heterocycles. The fourth-order valence-corrected chi connectivity index (χ4v) is 2.26. The molecule has 0 spiro atoms. The second-order valence-electron chi connectivity index (χ2n) is 3.05. The average Bonchev–Trinajstić information content (AvgIpc) is 2.62. The van der Waals surface area contributed by atoms with Crippen LogP contribution in [0.1, 0.15) is 32.9 Å². The van der Waals surface area contributed by atoms with Crippen LogP contribution in [0.3, 0.4) is 0 Å². The molecule has 0 bridgehead atoms. The fourth-order valence-electron chi connectivity index (χ4n) is 1.26. The van der Waals surface area contributed by atoms with Gasteiger partial charge in [-0.1, -0.05) is 13.8 Å². The van der Waals surface area contributed by atoms with Gasteiger partial charge in [-0.05, 0) is 19.8 Å². The van der Waals surface area contributed by atoms with Gasteiger partial charge in [0.25, 0.3) is 0 Å². The second-order valence-corrected chi connectivity index (χ2v) is 3.89. The summed E-state index contributed by atoms with van der Waals surface area (Å²) in [6.07, 6.45) is 2.23. The van der Waals surface area contributed by atoms with Crippen LogP contribution in [0.25, 0.3) is 0 Å². The first-order valence-electron chi connectivity index (χ1n) is 5.01. The second kappa shape index (κ2) is 5.22. The highest BCUT2D eigenvalue weighted by molar-refractivity contribution is 7.13. The predicted molar refractivity (Wildman–Crippen MR) is 59.7 cm³/mol. The van der Waals surface area contributed by atoms with Gasteiger partial charge in [0.15, 0.2) is 5.13 Å². The quantitative estimate of drug-likeness (QED) is 0.723. The first-order chi connectivity index (χ1) is 6.31. The lowest BCUT2D eigenvalue weighted by molar-refractivity contribution is 0.785. The van der Waals surface area contributed by atoms with Crippen molar-refractivity contribution in [3.05, 3.63) is 11.1 Å². The van der Waals surface area contributed by atoms with Crippen molar-refractivity contribution in [2.45, 2.75) is 33.6 Å². The van der Waals surface area contributed by atoms with Crippen LogP contribution in [-0.2, 0) is 6.42 Å². The summed E-state index contributed by atoms with van der Waals surface area (Å²) in [5.74, 6) is 0. The molecule has 3 heteroatoms. The van der Waals surface area contributed by atoms with Crippen LogP contribution in [0.15, 0.2) is 5.38 Å². The minimum atomic E-state index is 1.04. The molecule has 0 fully saturated rings. The highest BCUT2D eigenvalue weighted by Gasteiger charge is 2.06. The summed E-state index contributed by atoms with van der Waals surface area (Å²) in [5, 5.41) is 3.34. The molecule has 74 valence electrons. The van der Waals surface area contributed by atoms with Gasteiger partial charge in [-0.2, -0.15) is 0 Å². The average molecular weight is 198 g/mol. The molecule has 0 N–H and O–H groups in total. The standard InChI is InChI=1S/C10H18N2S/c1-4-7-12(6-3)10-11-9(5-2)8-13-10/h8H,4-7H2,1-3H3. The van der Waals surface area contributed by atoms with Crippen molar-refractivity contribution >= 4 is 16.5 Å². The van der Waals surface area contributed by atoms with Crippen molar-refractivity contribution < 1.29 is 0 Å². The van der Waals surface area contributed by atoms with Crippen molar-refractivity contribution in [2.24, 2.45) is 0 Å². The monoisotopic (exact) mass is 198 g/mol. The molecule has 0 saturated heterocycles. The number of anilines is 1. The molecular formula is C10H18N2S. The third-order valence-electron chi connectivity index (χ3n) is 2.05. The molecule has 13 heavy (non-hydrogen) atoms. The lowest BCUT2D eigenvalue weighted by atomic mass is 10.4. The number of hydrogen-bond donors (Lipinski definition) is 0. The molecule has 0 amide bonds. The molecule has 1 rings (SSSR count). The number of aryl methyl sites for hydroxylation is 1. The molecule has 1 heterocycles. The minimum absolute atomic E-state index is 1.04. The van der Waals surface area contributed by atoms with Gasteiger partial charge in [-0.15, -0.1) is 11.3 Å². The van der Waals surface area contributed by atoms with Gasteiger partial charge in [0, 0.05) is 18.5 Å². The summed E-state index contributed by atoms with van der Waals surface area (Å²) in [5.41, 5.74) is 1.22. The Hall–Kier alpha value is -0.570. The largest absolute Gasteiger partial charge is 0.348 e. The van der Waals surface area contributed by atoms with Crippen LogP contribution in [-0.4, -0.2) is 18.1 Å². The molecule has 0 aromatic carbocycles. The molecule has 0 saturated carbocycles. The van der Waals surface area contributed by atoms with Crippen molar-refractivity contribution in [2.75, 3.05) is 18.0 Å². The van der Waals surface area contributed by atoms with E-state index >= 15 is 0 Å². The van der Waals surface area contributed by atoms with Crippen LogP contribution >= 0.6 is 11.3 Å². The maximum absolute atomic E-state index is 4.56. The zero-order valence-corrected chi connectivity index (χ0v) is 9.52. The summed E-state index contributed by atoms with van der Waals surface area (Å²) >= 11 is 1.76. The SMILES string of the molecule is CCCN(CC)c1nc(CC)cs1. The third-order valence-corrected chi connectivity index (χ3v) is 3.00. The van der Waals surface area contributed by atoms with E-state index in [9.17, 15) is 0 Å². The van der Waals surface area contributed by atoms with E-state index in [-0.39, 0.29) is 0 Å². The Labute approximate surface area is 84.6 Å². The Bertz CT molecular complexity index is 245. The number of nitrogens with zero attached hydrogens (tertiary/aromatic N) is 2. The van der Waals surface area contributed by atoms with E-state index in [0.717, 1.165) is 19.5 Å². The summed E-state index contributed by atoms with van der Waals surface area (Å²) in [4.78, 5) is 6.90. The predicted octanol–water partition coefficient (Wildman–Crippen LogP) is 2.94. The van der Waals surface area contributed by atoms with Gasteiger partial charge >= 0.3 is 0 Å². The normalized spacial score (nSPS) is 10.4. The van der Waals surface area contributed by atoms with Gasteiger partial charge in [-0.25, -0.2) is 4.98 Å². The van der Waals surface area contributed by atoms with Crippen molar-refractivity contribution in [1.82, 2.24) is 4.98 Å². The Morgan fingerprint density at radius 1 is 1.38 bits per heavy atom. The van der Waals surface area contributed by atoms with Crippen molar-refractivity contribution in [3.8, 4) is 0 Å².